The lowest BCUT2D eigenvalue weighted by molar-refractivity contribution is 0.419. The van der Waals surface area contributed by atoms with Gasteiger partial charge in [-0.15, -0.1) is 0 Å². The van der Waals surface area contributed by atoms with Gasteiger partial charge in [-0.25, -0.2) is 0 Å². The molecule has 84 valence electrons. The summed E-state index contributed by atoms with van der Waals surface area (Å²) in [6.45, 7) is 2.23. The molecule has 0 spiro atoms. The van der Waals surface area contributed by atoms with Crippen LogP contribution in [0.25, 0.3) is 10.8 Å². The van der Waals surface area contributed by atoms with Gasteiger partial charge in [0.1, 0.15) is 5.75 Å². The summed E-state index contributed by atoms with van der Waals surface area (Å²) in [5.41, 5.74) is 1.37. The number of fused-ring (bicyclic) bond motifs is 1. The molecule has 0 radical (unpaired) electrons. The second-order valence-corrected chi connectivity index (χ2v) is 4.61. The summed E-state index contributed by atoms with van der Waals surface area (Å²) >= 11 is 3.54. The lowest BCUT2D eigenvalue weighted by atomic mass is 9.95. The maximum Gasteiger partial charge on any atom is 0.126 e. The van der Waals surface area contributed by atoms with Crippen LogP contribution in [0.4, 0.5) is 0 Å². The third-order valence-electron chi connectivity index (χ3n) is 2.90. The van der Waals surface area contributed by atoms with Crippen LogP contribution in [0.2, 0.25) is 0 Å². The lowest BCUT2D eigenvalue weighted by Crippen LogP contribution is -1.96. The van der Waals surface area contributed by atoms with Crippen molar-refractivity contribution in [2.45, 2.75) is 12.8 Å². The van der Waals surface area contributed by atoms with Gasteiger partial charge in [0.2, 0.25) is 0 Å². The Morgan fingerprint density at radius 3 is 2.44 bits per heavy atom. The highest BCUT2D eigenvalue weighted by Crippen LogP contribution is 2.32. The zero-order valence-corrected chi connectivity index (χ0v) is 11.1. The Labute approximate surface area is 105 Å². The van der Waals surface area contributed by atoms with E-state index in [4.69, 9.17) is 4.74 Å². The molecule has 16 heavy (non-hydrogen) atoms. The van der Waals surface area contributed by atoms with E-state index in [0.717, 1.165) is 11.1 Å². The van der Waals surface area contributed by atoms with Gasteiger partial charge >= 0.3 is 0 Å². The first kappa shape index (κ1) is 11.5. The zero-order valence-electron chi connectivity index (χ0n) is 9.53. The Bertz CT molecular complexity index is 493. The van der Waals surface area contributed by atoms with Crippen molar-refractivity contribution >= 4 is 26.7 Å². The lowest BCUT2D eigenvalue weighted by Gasteiger charge is -2.14. The fraction of sp³-hybridized carbons (Fsp3) is 0.286. The van der Waals surface area contributed by atoms with Gasteiger partial charge in [0.25, 0.3) is 0 Å². The first-order valence-electron chi connectivity index (χ1n) is 5.39. The van der Waals surface area contributed by atoms with Crippen LogP contribution in [0.1, 0.15) is 18.4 Å². The van der Waals surface area contributed by atoms with Gasteiger partial charge in [0.15, 0.2) is 0 Å². The number of halogens is 1. The summed E-state index contributed by atoms with van der Waals surface area (Å²) in [5.74, 6) is 1.46. The highest BCUT2D eigenvalue weighted by molar-refractivity contribution is 9.09. The van der Waals surface area contributed by atoms with Crippen LogP contribution in [0.5, 0.6) is 5.75 Å². The normalized spacial score (nSPS) is 12.7. The van der Waals surface area contributed by atoms with Gasteiger partial charge in [-0.2, -0.15) is 0 Å². The number of rotatable bonds is 3. The quantitative estimate of drug-likeness (QED) is 0.759. The van der Waals surface area contributed by atoms with Crippen molar-refractivity contribution in [1.29, 1.82) is 0 Å². The molecule has 0 aliphatic carbocycles. The van der Waals surface area contributed by atoms with E-state index in [9.17, 15) is 0 Å². The first-order chi connectivity index (χ1) is 7.77. The molecule has 1 atom stereocenters. The van der Waals surface area contributed by atoms with Gasteiger partial charge < -0.3 is 4.74 Å². The third kappa shape index (κ3) is 1.94. The van der Waals surface area contributed by atoms with Crippen molar-refractivity contribution in [1.82, 2.24) is 0 Å². The summed E-state index contributed by atoms with van der Waals surface area (Å²) in [6, 6.07) is 12.6. The number of hydrogen-bond donors (Lipinski definition) is 0. The SMILES string of the molecule is COc1ccc(C(C)CBr)c2ccccc12. The Morgan fingerprint density at radius 1 is 1.12 bits per heavy atom. The second kappa shape index (κ2) is 4.88. The molecule has 1 nitrogen and oxygen atoms in total. The topological polar surface area (TPSA) is 9.23 Å². The molecule has 1 unspecified atom stereocenters. The Morgan fingerprint density at radius 2 is 1.81 bits per heavy atom. The first-order valence-corrected chi connectivity index (χ1v) is 6.51. The smallest absolute Gasteiger partial charge is 0.126 e. The average molecular weight is 279 g/mol. The van der Waals surface area contributed by atoms with Crippen LogP contribution in [0.15, 0.2) is 36.4 Å². The average Bonchev–Trinajstić information content (AvgIpc) is 2.36. The van der Waals surface area contributed by atoms with Crippen LogP contribution in [-0.4, -0.2) is 12.4 Å². The molecule has 2 aromatic rings. The minimum absolute atomic E-state index is 0.510. The van der Waals surface area contributed by atoms with Crippen molar-refractivity contribution in [3.8, 4) is 5.75 Å². The van der Waals surface area contributed by atoms with Crippen molar-refractivity contribution < 1.29 is 4.74 Å². The highest BCUT2D eigenvalue weighted by Gasteiger charge is 2.10. The molecular formula is C14H15BrO. The van der Waals surface area contributed by atoms with Crippen molar-refractivity contribution in [3.63, 3.8) is 0 Å². The van der Waals surface area contributed by atoms with Crippen LogP contribution in [-0.2, 0) is 0 Å². The van der Waals surface area contributed by atoms with Gasteiger partial charge in [-0.1, -0.05) is 53.2 Å². The summed E-state index contributed by atoms with van der Waals surface area (Å²) in [5, 5.41) is 3.45. The molecule has 0 bridgehead atoms. The van der Waals surface area contributed by atoms with Crippen LogP contribution in [0.3, 0.4) is 0 Å². The molecule has 0 aromatic heterocycles. The van der Waals surface area contributed by atoms with E-state index in [0.29, 0.717) is 5.92 Å². The van der Waals surface area contributed by atoms with Crippen LogP contribution in [0, 0.1) is 0 Å². The number of ether oxygens (including phenoxy) is 1. The van der Waals surface area contributed by atoms with E-state index in [1.54, 1.807) is 7.11 Å². The molecule has 0 aliphatic rings. The van der Waals surface area contributed by atoms with E-state index in [1.807, 2.05) is 6.07 Å². The molecule has 0 amide bonds. The minimum atomic E-state index is 0.510. The monoisotopic (exact) mass is 278 g/mol. The van der Waals surface area contributed by atoms with Crippen LogP contribution >= 0.6 is 15.9 Å². The van der Waals surface area contributed by atoms with Crippen molar-refractivity contribution in [2.75, 3.05) is 12.4 Å². The zero-order chi connectivity index (χ0) is 11.5. The molecule has 0 fully saturated rings. The highest BCUT2D eigenvalue weighted by atomic mass is 79.9. The standard InChI is InChI=1S/C14H15BrO/c1-10(9-15)11-7-8-14(16-2)13-6-4-3-5-12(11)13/h3-8,10H,9H2,1-2H3. The van der Waals surface area contributed by atoms with Crippen molar-refractivity contribution in [2.24, 2.45) is 0 Å². The van der Waals surface area contributed by atoms with E-state index >= 15 is 0 Å². The Kier molecular flexibility index (Phi) is 3.49. The summed E-state index contributed by atoms with van der Waals surface area (Å²) in [6.07, 6.45) is 0. The largest absolute Gasteiger partial charge is 0.496 e. The molecule has 0 saturated heterocycles. The van der Waals surface area contributed by atoms with E-state index in [1.165, 1.54) is 16.3 Å². The molecule has 2 rings (SSSR count). The maximum absolute atomic E-state index is 5.38. The van der Waals surface area contributed by atoms with E-state index in [-0.39, 0.29) is 0 Å². The predicted molar refractivity (Wildman–Crippen MR) is 72.7 cm³/mol. The Balaban J connectivity index is 2.69. The number of alkyl halides is 1. The van der Waals surface area contributed by atoms with E-state index in [2.05, 4.69) is 53.2 Å². The van der Waals surface area contributed by atoms with E-state index < -0.39 is 0 Å². The van der Waals surface area contributed by atoms with Crippen molar-refractivity contribution in [3.05, 3.63) is 42.0 Å². The molecule has 0 heterocycles. The summed E-state index contributed by atoms with van der Waals surface area (Å²) in [4.78, 5) is 0. The molecule has 2 heteroatoms. The van der Waals surface area contributed by atoms with Gasteiger partial charge in [-0.05, 0) is 22.9 Å². The minimum Gasteiger partial charge on any atom is -0.496 e. The Hall–Kier alpha value is -1.02. The number of benzene rings is 2. The second-order valence-electron chi connectivity index (χ2n) is 3.96. The fourth-order valence-corrected chi connectivity index (χ4v) is 2.33. The number of hydrogen-bond acceptors (Lipinski definition) is 1. The molecule has 0 N–H and O–H groups in total. The fourth-order valence-electron chi connectivity index (χ4n) is 1.99. The predicted octanol–water partition coefficient (Wildman–Crippen LogP) is 4.35. The molecular weight excluding hydrogens is 264 g/mol. The summed E-state index contributed by atoms with van der Waals surface area (Å²) < 4.78 is 5.38. The third-order valence-corrected chi connectivity index (χ3v) is 3.87. The van der Waals surface area contributed by atoms with Gasteiger partial charge in [0.05, 0.1) is 7.11 Å². The molecule has 0 aliphatic heterocycles. The number of methoxy groups -OCH3 is 1. The molecule has 2 aromatic carbocycles. The summed E-state index contributed by atoms with van der Waals surface area (Å²) in [7, 11) is 1.72. The van der Waals surface area contributed by atoms with Gasteiger partial charge in [-0.3, -0.25) is 0 Å². The molecule has 0 saturated carbocycles. The maximum atomic E-state index is 5.38. The van der Waals surface area contributed by atoms with Crippen LogP contribution < -0.4 is 4.74 Å². The van der Waals surface area contributed by atoms with Gasteiger partial charge in [0, 0.05) is 10.7 Å².